The lowest BCUT2D eigenvalue weighted by atomic mass is 9.75. The molecule has 2 atom stereocenters. The smallest absolute Gasteiger partial charge is 0.336 e. The number of rotatable bonds is 11. The molecule has 2 aromatic rings. The van der Waals surface area contributed by atoms with E-state index in [-0.39, 0.29) is 11.0 Å². The Kier molecular flexibility index (Phi) is 10.6. The Morgan fingerprint density at radius 3 is 2.22 bits per heavy atom. The van der Waals surface area contributed by atoms with E-state index in [0.717, 1.165) is 31.8 Å². The molecule has 41 heavy (non-hydrogen) atoms. The highest BCUT2D eigenvalue weighted by Gasteiger charge is 2.49. The van der Waals surface area contributed by atoms with Crippen molar-refractivity contribution in [3.63, 3.8) is 0 Å². The van der Waals surface area contributed by atoms with E-state index in [0.29, 0.717) is 6.10 Å². The number of carbonyl (C=O) groups is 3. The number of aliphatic hydroxyl groups is 1. The molecule has 0 amide bonds. The second-order valence-corrected chi connectivity index (χ2v) is 11.7. The fraction of sp³-hybridized carbons (Fsp3) is 0.548. The molecule has 3 heterocycles. The first kappa shape index (κ1) is 32.2. The quantitative estimate of drug-likeness (QED) is 0.312. The highest BCUT2D eigenvalue weighted by Crippen LogP contribution is 2.47. The number of ether oxygens (including phenoxy) is 1. The normalized spacial score (nSPS) is 21.2. The van der Waals surface area contributed by atoms with E-state index in [9.17, 15) is 14.4 Å². The third-order valence-corrected chi connectivity index (χ3v) is 8.45. The maximum atomic E-state index is 10.3. The van der Waals surface area contributed by atoms with Crippen LogP contribution in [-0.2, 0) is 31.1 Å². The fourth-order valence-corrected chi connectivity index (χ4v) is 5.83. The van der Waals surface area contributed by atoms with E-state index in [4.69, 9.17) is 25.2 Å². The van der Waals surface area contributed by atoms with Crippen LogP contribution < -0.4 is 0 Å². The third kappa shape index (κ3) is 8.34. The largest absolute Gasteiger partial charge is 0.481 e. The van der Waals surface area contributed by atoms with Gasteiger partial charge in [-0.15, -0.1) is 0 Å². The molecule has 2 fully saturated rings. The van der Waals surface area contributed by atoms with E-state index < -0.39 is 36.4 Å². The zero-order chi connectivity index (χ0) is 30.3. The van der Waals surface area contributed by atoms with Gasteiger partial charge in [0.1, 0.15) is 0 Å². The third-order valence-electron chi connectivity index (χ3n) is 8.45. The second kappa shape index (κ2) is 13.5. The van der Waals surface area contributed by atoms with E-state index in [1.165, 1.54) is 36.8 Å². The topological polar surface area (TPSA) is 157 Å². The van der Waals surface area contributed by atoms with Crippen LogP contribution in [0, 0.1) is 12.3 Å². The lowest BCUT2D eigenvalue weighted by Crippen LogP contribution is -2.44. The van der Waals surface area contributed by atoms with Crippen LogP contribution in [0.1, 0.15) is 69.2 Å². The van der Waals surface area contributed by atoms with E-state index in [2.05, 4.69) is 79.3 Å². The number of carboxylic acids is 3. The van der Waals surface area contributed by atoms with Gasteiger partial charge in [-0.25, -0.2) is 4.79 Å². The summed E-state index contributed by atoms with van der Waals surface area (Å²) in [5.41, 5.74) is 1.36. The van der Waals surface area contributed by atoms with Crippen LogP contribution in [0.15, 0.2) is 48.7 Å². The van der Waals surface area contributed by atoms with Crippen LogP contribution in [0.2, 0.25) is 0 Å². The zero-order valence-corrected chi connectivity index (χ0v) is 24.1. The number of carboxylic acid groups (broad SMARTS) is 3. The first-order valence-electron chi connectivity index (χ1n) is 14.0. The molecule has 2 aliphatic rings. The second-order valence-electron chi connectivity index (χ2n) is 11.7. The number of aryl methyl sites for hydroxylation is 2. The van der Waals surface area contributed by atoms with Crippen LogP contribution >= 0.6 is 0 Å². The van der Waals surface area contributed by atoms with Crippen molar-refractivity contribution < 1.29 is 39.5 Å². The van der Waals surface area contributed by atoms with Gasteiger partial charge in [0.2, 0.25) is 0 Å². The summed E-state index contributed by atoms with van der Waals surface area (Å²) in [4.78, 5) is 37.7. The van der Waals surface area contributed by atoms with Crippen molar-refractivity contribution in [1.29, 1.82) is 0 Å². The lowest BCUT2D eigenvalue weighted by Gasteiger charge is -2.40. The van der Waals surface area contributed by atoms with Crippen molar-refractivity contribution in [2.75, 3.05) is 19.7 Å². The molecule has 4 N–H and O–H groups in total. The van der Waals surface area contributed by atoms with Crippen LogP contribution in [0.25, 0.3) is 0 Å². The van der Waals surface area contributed by atoms with Crippen LogP contribution in [0.5, 0.6) is 0 Å². The number of nitrogens with zero attached hydrogens (tertiary/aromatic N) is 2. The van der Waals surface area contributed by atoms with Gasteiger partial charge in [-0.2, -0.15) is 0 Å². The Bertz CT molecular complexity index is 1160. The van der Waals surface area contributed by atoms with E-state index in [1.54, 1.807) is 0 Å². The van der Waals surface area contributed by atoms with Gasteiger partial charge in [0.15, 0.2) is 5.60 Å². The molecule has 2 saturated heterocycles. The minimum Gasteiger partial charge on any atom is -0.481 e. The van der Waals surface area contributed by atoms with Crippen molar-refractivity contribution in [2.45, 2.75) is 83.0 Å². The number of aromatic nitrogens is 1. The number of hydrogen-bond donors (Lipinski definition) is 4. The first-order chi connectivity index (χ1) is 19.3. The average molecular weight is 571 g/mol. The molecule has 0 bridgehead atoms. The highest BCUT2D eigenvalue weighted by molar-refractivity contribution is 5.88. The molecule has 1 aromatic heterocycles. The predicted octanol–water partition coefficient (Wildman–Crippen LogP) is 3.88. The molecule has 0 radical (unpaired) electrons. The summed E-state index contributed by atoms with van der Waals surface area (Å²) in [7, 11) is 0. The number of aliphatic carboxylic acids is 3. The minimum atomic E-state index is -2.74. The number of benzene rings is 1. The minimum absolute atomic E-state index is 0.00615. The molecule has 1 unspecified atom stereocenters. The monoisotopic (exact) mass is 570 g/mol. The Morgan fingerprint density at radius 1 is 1.05 bits per heavy atom. The molecule has 10 nitrogen and oxygen atoms in total. The average Bonchev–Trinajstić information content (AvgIpc) is 3.60. The molecule has 2 aliphatic heterocycles. The van der Waals surface area contributed by atoms with Gasteiger partial charge < -0.3 is 25.2 Å². The van der Waals surface area contributed by atoms with Gasteiger partial charge in [-0.05, 0) is 76.6 Å². The van der Waals surface area contributed by atoms with Gasteiger partial charge in [0, 0.05) is 36.0 Å². The summed E-state index contributed by atoms with van der Waals surface area (Å²) in [5.74, 6) is -5.02. The molecule has 4 rings (SSSR count). The Balaban J connectivity index is 0.000000302. The van der Waals surface area contributed by atoms with Crippen molar-refractivity contribution in [3.8, 4) is 0 Å². The summed E-state index contributed by atoms with van der Waals surface area (Å²) in [6.07, 6.45) is 6.19. The van der Waals surface area contributed by atoms with Crippen molar-refractivity contribution in [1.82, 2.24) is 9.88 Å². The van der Waals surface area contributed by atoms with Crippen LogP contribution in [0.4, 0.5) is 0 Å². The number of likely N-dealkylation sites (tertiary alicyclic amines) is 1. The fourth-order valence-electron chi connectivity index (χ4n) is 5.83. The number of pyridine rings is 1. The summed E-state index contributed by atoms with van der Waals surface area (Å²) in [5, 5.41) is 33.8. The Labute approximate surface area is 241 Å². The lowest BCUT2D eigenvalue weighted by molar-refractivity contribution is -0.170. The van der Waals surface area contributed by atoms with Crippen molar-refractivity contribution in [3.05, 3.63) is 65.5 Å². The van der Waals surface area contributed by atoms with Gasteiger partial charge in [-0.1, -0.05) is 36.4 Å². The maximum Gasteiger partial charge on any atom is 0.336 e. The SMILES string of the molecule is Cc1ccc(C(C)(C)N2CC[C@@](CCc3ccccc3)(C3CCCO3)C2)cn1.O=C(O)CC(O)(CC(=O)O)C(=O)O. The Morgan fingerprint density at radius 2 is 1.71 bits per heavy atom. The molecule has 0 spiro atoms. The molecular weight excluding hydrogens is 528 g/mol. The van der Waals surface area contributed by atoms with Gasteiger partial charge in [-0.3, -0.25) is 19.5 Å². The summed E-state index contributed by atoms with van der Waals surface area (Å²) < 4.78 is 6.27. The standard InChI is InChI=1S/C25H34N2O.C6H8O7/c1-20-11-12-22(18-26-20)24(2,3)27-16-15-25(19-27,23-10-7-17-28-23)14-13-21-8-5-4-6-9-21;7-3(8)1-6(13,5(11)12)2-4(9)10/h4-6,8-9,11-12,18,23H,7,10,13-17,19H2,1-3H3;13H,1-2H2,(H,7,8)(H,9,10)(H,11,12)/t23?,25-;/m1./s1. The summed E-state index contributed by atoms with van der Waals surface area (Å²) >= 11 is 0. The highest BCUT2D eigenvalue weighted by atomic mass is 16.5. The number of hydrogen-bond acceptors (Lipinski definition) is 7. The van der Waals surface area contributed by atoms with E-state index in [1.807, 2.05) is 0 Å². The summed E-state index contributed by atoms with van der Waals surface area (Å²) in [6.45, 7) is 9.94. The molecular formula is C31H42N2O8. The van der Waals surface area contributed by atoms with E-state index >= 15 is 0 Å². The molecule has 224 valence electrons. The van der Waals surface area contributed by atoms with Gasteiger partial charge in [0.05, 0.1) is 18.9 Å². The van der Waals surface area contributed by atoms with Gasteiger partial charge in [0.25, 0.3) is 0 Å². The molecule has 0 aliphatic carbocycles. The van der Waals surface area contributed by atoms with Crippen LogP contribution in [0.3, 0.4) is 0 Å². The summed E-state index contributed by atoms with van der Waals surface area (Å²) in [6, 6.07) is 15.3. The van der Waals surface area contributed by atoms with Gasteiger partial charge >= 0.3 is 17.9 Å². The zero-order valence-electron chi connectivity index (χ0n) is 24.1. The van der Waals surface area contributed by atoms with Crippen molar-refractivity contribution in [2.24, 2.45) is 5.41 Å². The molecule has 1 aromatic carbocycles. The Hall–Kier alpha value is -3.34. The first-order valence-corrected chi connectivity index (χ1v) is 14.0. The van der Waals surface area contributed by atoms with Crippen LogP contribution in [-0.4, -0.2) is 79.6 Å². The van der Waals surface area contributed by atoms with Crippen molar-refractivity contribution >= 4 is 17.9 Å². The maximum absolute atomic E-state index is 10.3. The predicted molar refractivity (Wildman–Crippen MR) is 151 cm³/mol. The molecule has 0 saturated carbocycles. The molecule has 10 heteroatoms.